The van der Waals surface area contributed by atoms with Crippen LogP contribution < -0.4 is 0 Å². The molecule has 6 nitrogen and oxygen atoms in total. The van der Waals surface area contributed by atoms with Gasteiger partial charge in [-0.25, -0.2) is 8.42 Å². The summed E-state index contributed by atoms with van der Waals surface area (Å²) in [5.74, 6) is 0.210. The first-order valence-electron chi connectivity index (χ1n) is 8.19. The average Bonchev–Trinajstić information content (AvgIpc) is 2.95. The molecule has 0 radical (unpaired) electrons. The molecular weight excluding hydrogens is 304 g/mol. The molecule has 1 amide bonds. The van der Waals surface area contributed by atoms with E-state index < -0.39 is 9.84 Å². The number of piperidine rings is 1. The number of likely N-dealkylation sites (tertiary alicyclic amines) is 2. The lowest BCUT2D eigenvalue weighted by Crippen LogP contribution is -2.67. The van der Waals surface area contributed by atoms with Crippen molar-refractivity contribution in [2.75, 3.05) is 51.3 Å². The summed E-state index contributed by atoms with van der Waals surface area (Å²) in [5.41, 5.74) is -0.256. The summed E-state index contributed by atoms with van der Waals surface area (Å²) >= 11 is 0. The molecule has 22 heavy (non-hydrogen) atoms. The summed E-state index contributed by atoms with van der Waals surface area (Å²) in [6.07, 6.45) is 5.78. The van der Waals surface area contributed by atoms with Crippen LogP contribution in [-0.4, -0.2) is 81.6 Å². The summed E-state index contributed by atoms with van der Waals surface area (Å²) in [6.45, 7) is 4.69. The van der Waals surface area contributed by atoms with Crippen molar-refractivity contribution in [3.63, 3.8) is 0 Å². The molecule has 3 heterocycles. The summed E-state index contributed by atoms with van der Waals surface area (Å²) in [5, 5.41) is 0. The van der Waals surface area contributed by atoms with Crippen LogP contribution in [-0.2, 0) is 19.4 Å². The predicted molar refractivity (Wildman–Crippen MR) is 83.4 cm³/mol. The smallest absolute Gasteiger partial charge is 0.231 e. The Kier molecular flexibility index (Phi) is 4.49. The first-order chi connectivity index (χ1) is 10.4. The van der Waals surface area contributed by atoms with E-state index in [9.17, 15) is 13.2 Å². The van der Waals surface area contributed by atoms with E-state index in [0.717, 1.165) is 51.9 Å². The highest BCUT2D eigenvalue weighted by molar-refractivity contribution is 7.90. The Balaban J connectivity index is 1.52. The van der Waals surface area contributed by atoms with Gasteiger partial charge in [-0.15, -0.1) is 0 Å². The molecule has 3 aliphatic rings. The van der Waals surface area contributed by atoms with E-state index in [4.69, 9.17) is 4.74 Å². The molecule has 0 aromatic rings. The van der Waals surface area contributed by atoms with Crippen LogP contribution in [0.2, 0.25) is 0 Å². The van der Waals surface area contributed by atoms with Gasteiger partial charge in [0.25, 0.3) is 0 Å². The number of rotatable bonds is 5. The highest BCUT2D eigenvalue weighted by Gasteiger charge is 2.53. The topological polar surface area (TPSA) is 66.9 Å². The molecule has 0 aromatic heterocycles. The van der Waals surface area contributed by atoms with Crippen LogP contribution in [0.25, 0.3) is 0 Å². The van der Waals surface area contributed by atoms with Crippen molar-refractivity contribution >= 4 is 15.7 Å². The van der Waals surface area contributed by atoms with Gasteiger partial charge < -0.3 is 9.64 Å². The normalized spacial score (nSPS) is 33.4. The molecule has 3 rings (SSSR count). The lowest BCUT2D eigenvalue weighted by molar-refractivity contribution is -0.166. The second-order valence-corrected chi connectivity index (χ2v) is 9.37. The summed E-state index contributed by atoms with van der Waals surface area (Å²) < 4.78 is 28.2. The summed E-state index contributed by atoms with van der Waals surface area (Å²) in [4.78, 5) is 16.6. The largest absolute Gasteiger partial charge is 0.377 e. The van der Waals surface area contributed by atoms with E-state index in [1.165, 1.54) is 6.26 Å². The maximum absolute atomic E-state index is 12.5. The minimum absolute atomic E-state index is 0.0639. The number of hydrogen-bond donors (Lipinski definition) is 0. The second kappa shape index (κ2) is 6.09. The molecule has 126 valence electrons. The molecule has 0 N–H and O–H groups in total. The first kappa shape index (κ1) is 16.2. The maximum Gasteiger partial charge on any atom is 0.231 e. The van der Waals surface area contributed by atoms with Crippen LogP contribution in [0.15, 0.2) is 0 Å². The van der Waals surface area contributed by atoms with Crippen molar-refractivity contribution in [3.05, 3.63) is 0 Å². The number of amides is 1. The van der Waals surface area contributed by atoms with Crippen molar-refractivity contribution in [3.8, 4) is 0 Å². The van der Waals surface area contributed by atoms with Crippen molar-refractivity contribution < 1.29 is 17.9 Å². The Morgan fingerprint density at radius 2 is 2.14 bits per heavy atom. The van der Waals surface area contributed by atoms with Gasteiger partial charge in [0, 0.05) is 39.0 Å². The van der Waals surface area contributed by atoms with Gasteiger partial charge >= 0.3 is 0 Å². The zero-order chi connectivity index (χ0) is 15.8. The molecule has 0 aromatic carbocycles. The Morgan fingerprint density at radius 3 is 2.77 bits per heavy atom. The number of sulfone groups is 1. The number of carbonyl (C=O) groups is 1. The van der Waals surface area contributed by atoms with Crippen molar-refractivity contribution in [2.45, 2.75) is 31.8 Å². The lowest BCUT2D eigenvalue weighted by Gasteiger charge is -2.53. The second-order valence-electron chi connectivity index (χ2n) is 7.11. The number of ether oxygens (including phenoxy) is 1. The van der Waals surface area contributed by atoms with Gasteiger partial charge in [-0.05, 0) is 32.2 Å². The third-order valence-corrected chi connectivity index (χ3v) is 6.03. The SMILES string of the molecule is CS(=O)(=O)CCN1C[C@@]2(CCCN(C[C@H]3CCCO3)C2)C1=O. The summed E-state index contributed by atoms with van der Waals surface area (Å²) in [7, 11) is -3.01. The lowest BCUT2D eigenvalue weighted by atomic mass is 9.72. The van der Waals surface area contributed by atoms with E-state index in [0.29, 0.717) is 19.2 Å². The average molecular weight is 330 g/mol. The Morgan fingerprint density at radius 1 is 1.32 bits per heavy atom. The fourth-order valence-electron chi connectivity index (χ4n) is 3.97. The van der Waals surface area contributed by atoms with Gasteiger partial charge in [-0.3, -0.25) is 9.69 Å². The zero-order valence-electron chi connectivity index (χ0n) is 13.3. The third-order valence-electron chi connectivity index (χ3n) is 5.11. The van der Waals surface area contributed by atoms with Crippen LogP contribution >= 0.6 is 0 Å². The Labute approximate surface area is 132 Å². The van der Waals surface area contributed by atoms with E-state index in [1.54, 1.807) is 4.90 Å². The molecule has 2 atom stereocenters. The molecule has 0 unspecified atom stereocenters. The monoisotopic (exact) mass is 330 g/mol. The Hall–Kier alpha value is -0.660. The zero-order valence-corrected chi connectivity index (χ0v) is 14.1. The third kappa shape index (κ3) is 3.46. The molecule has 0 saturated carbocycles. The number of hydrogen-bond acceptors (Lipinski definition) is 5. The van der Waals surface area contributed by atoms with Crippen molar-refractivity contribution in [2.24, 2.45) is 5.41 Å². The fourth-order valence-corrected chi connectivity index (χ4v) is 4.52. The summed E-state index contributed by atoms with van der Waals surface area (Å²) in [6, 6.07) is 0. The maximum atomic E-state index is 12.5. The van der Waals surface area contributed by atoms with Gasteiger partial charge in [0.15, 0.2) is 0 Å². The number of carbonyl (C=O) groups excluding carboxylic acids is 1. The molecule has 3 saturated heterocycles. The molecule has 0 aliphatic carbocycles. The van der Waals surface area contributed by atoms with Crippen LogP contribution in [0, 0.1) is 5.41 Å². The fraction of sp³-hybridized carbons (Fsp3) is 0.933. The van der Waals surface area contributed by atoms with E-state index in [-0.39, 0.29) is 17.1 Å². The highest BCUT2D eigenvalue weighted by atomic mass is 32.2. The number of β-lactam (4-membered cyclic amide) rings is 1. The Bertz CT molecular complexity index is 530. The van der Waals surface area contributed by atoms with Crippen LogP contribution in [0.1, 0.15) is 25.7 Å². The predicted octanol–water partition coefficient (Wildman–Crippen LogP) is 0.134. The van der Waals surface area contributed by atoms with Crippen molar-refractivity contribution in [1.82, 2.24) is 9.80 Å². The van der Waals surface area contributed by atoms with Gasteiger partial charge in [0.2, 0.25) is 5.91 Å². The van der Waals surface area contributed by atoms with Gasteiger partial charge in [0.05, 0.1) is 17.3 Å². The van der Waals surface area contributed by atoms with Crippen molar-refractivity contribution in [1.29, 1.82) is 0 Å². The molecule has 3 aliphatic heterocycles. The van der Waals surface area contributed by atoms with Gasteiger partial charge in [-0.1, -0.05) is 0 Å². The minimum atomic E-state index is -3.01. The molecule has 7 heteroatoms. The van der Waals surface area contributed by atoms with E-state index in [1.807, 2.05) is 0 Å². The minimum Gasteiger partial charge on any atom is -0.377 e. The van der Waals surface area contributed by atoms with Crippen LogP contribution in [0.5, 0.6) is 0 Å². The molecule has 3 fully saturated rings. The first-order valence-corrected chi connectivity index (χ1v) is 10.3. The number of nitrogens with zero attached hydrogens (tertiary/aromatic N) is 2. The molecule has 1 spiro atoms. The highest BCUT2D eigenvalue weighted by Crippen LogP contribution is 2.40. The van der Waals surface area contributed by atoms with Crippen LogP contribution in [0.4, 0.5) is 0 Å². The quantitative estimate of drug-likeness (QED) is 0.671. The van der Waals surface area contributed by atoms with E-state index in [2.05, 4.69) is 4.90 Å². The van der Waals surface area contributed by atoms with Gasteiger partial charge in [-0.2, -0.15) is 0 Å². The molecular formula is C15H26N2O4S. The van der Waals surface area contributed by atoms with E-state index >= 15 is 0 Å². The van der Waals surface area contributed by atoms with Crippen LogP contribution in [0.3, 0.4) is 0 Å². The molecule has 0 bridgehead atoms. The standard InChI is InChI=1S/C15H26N2O4S/c1-22(19,20)9-7-17-12-15(14(17)18)5-3-6-16(11-15)10-13-4-2-8-21-13/h13H,2-12H2,1H3/t13-,15+/m1/s1. The van der Waals surface area contributed by atoms with Gasteiger partial charge in [0.1, 0.15) is 9.84 Å².